The number of nitrogens with zero attached hydrogens (tertiary/aromatic N) is 1. The summed E-state index contributed by atoms with van der Waals surface area (Å²) >= 11 is 0. The number of nitrogens with one attached hydrogen (secondary N) is 1. The van der Waals surface area contributed by atoms with Gasteiger partial charge in [0, 0.05) is 0 Å². The van der Waals surface area contributed by atoms with Gasteiger partial charge < -0.3 is 5.09 Å². The lowest BCUT2D eigenvalue weighted by Gasteiger charge is -2.41. The molecular formula is C16H28N2Si. The standard InChI is InChI=1S/C16H28N2Si/c1-13(2)19(14(3)4,15(5)6)18-17-12-16-10-8-7-9-11-16/h7-15,18H,1-6H3/b17-12-. The van der Waals surface area contributed by atoms with Crippen LogP contribution in [0.5, 0.6) is 0 Å². The van der Waals surface area contributed by atoms with E-state index in [9.17, 15) is 0 Å². The van der Waals surface area contributed by atoms with E-state index in [4.69, 9.17) is 0 Å². The molecule has 106 valence electrons. The van der Waals surface area contributed by atoms with E-state index in [1.165, 1.54) is 0 Å². The van der Waals surface area contributed by atoms with Crippen LogP contribution in [-0.2, 0) is 0 Å². The van der Waals surface area contributed by atoms with Crippen molar-refractivity contribution in [3.63, 3.8) is 0 Å². The van der Waals surface area contributed by atoms with E-state index in [1.54, 1.807) is 0 Å². The number of hydrogen-bond acceptors (Lipinski definition) is 2. The molecule has 0 aliphatic rings. The van der Waals surface area contributed by atoms with Gasteiger partial charge in [0.1, 0.15) is 0 Å². The van der Waals surface area contributed by atoms with Crippen molar-refractivity contribution in [2.24, 2.45) is 5.10 Å². The zero-order chi connectivity index (χ0) is 14.5. The number of hydrogen-bond donors (Lipinski definition) is 1. The first-order valence-corrected chi connectivity index (χ1v) is 9.49. The fraction of sp³-hybridized carbons (Fsp3) is 0.562. The Balaban J connectivity index is 2.88. The van der Waals surface area contributed by atoms with Crippen LogP contribution < -0.4 is 5.09 Å². The molecule has 0 amide bonds. The summed E-state index contributed by atoms with van der Waals surface area (Å²) in [7, 11) is -1.63. The highest BCUT2D eigenvalue weighted by molar-refractivity contribution is 6.81. The van der Waals surface area contributed by atoms with Crippen molar-refractivity contribution in [2.75, 3.05) is 0 Å². The Kier molecular flexibility index (Phi) is 5.79. The fourth-order valence-electron chi connectivity index (χ4n) is 3.15. The maximum atomic E-state index is 4.56. The van der Waals surface area contributed by atoms with Gasteiger partial charge in [-0.3, -0.25) is 0 Å². The summed E-state index contributed by atoms with van der Waals surface area (Å²) in [6.07, 6.45) is 1.94. The molecule has 0 saturated heterocycles. The van der Waals surface area contributed by atoms with Gasteiger partial charge in [0.25, 0.3) is 0 Å². The third-order valence-electron chi connectivity index (χ3n) is 4.14. The SMILES string of the molecule is CC(C)[Si](N/N=C\c1ccccc1)(C(C)C)C(C)C. The van der Waals surface area contributed by atoms with Crippen LogP contribution in [0, 0.1) is 0 Å². The Hall–Kier alpha value is -1.09. The summed E-state index contributed by atoms with van der Waals surface area (Å²) in [6, 6.07) is 10.3. The van der Waals surface area contributed by atoms with Crippen molar-refractivity contribution in [3.8, 4) is 0 Å². The van der Waals surface area contributed by atoms with Crippen LogP contribution in [-0.4, -0.2) is 14.5 Å². The van der Waals surface area contributed by atoms with E-state index in [-0.39, 0.29) is 0 Å². The van der Waals surface area contributed by atoms with Crippen molar-refractivity contribution in [1.29, 1.82) is 0 Å². The van der Waals surface area contributed by atoms with E-state index in [2.05, 4.69) is 63.9 Å². The van der Waals surface area contributed by atoms with Gasteiger partial charge in [-0.2, -0.15) is 5.10 Å². The average Bonchev–Trinajstić information content (AvgIpc) is 2.34. The highest BCUT2D eigenvalue weighted by Gasteiger charge is 2.43. The molecule has 2 nitrogen and oxygen atoms in total. The van der Waals surface area contributed by atoms with Gasteiger partial charge in [-0.1, -0.05) is 71.9 Å². The van der Waals surface area contributed by atoms with Crippen LogP contribution in [0.2, 0.25) is 16.6 Å². The minimum atomic E-state index is -1.63. The smallest absolute Gasteiger partial charge is 0.181 e. The van der Waals surface area contributed by atoms with Crippen molar-refractivity contribution >= 4 is 14.5 Å². The molecule has 19 heavy (non-hydrogen) atoms. The molecule has 1 rings (SSSR count). The molecule has 1 N–H and O–H groups in total. The summed E-state index contributed by atoms with van der Waals surface area (Å²) in [6.45, 7) is 14.0. The molecule has 0 fully saturated rings. The third-order valence-corrected chi connectivity index (χ3v) is 10.4. The number of hydrazone groups is 1. The molecule has 1 aromatic carbocycles. The average molecular weight is 277 g/mol. The van der Waals surface area contributed by atoms with Crippen LogP contribution in [0.15, 0.2) is 35.4 Å². The molecule has 0 aliphatic carbocycles. The minimum absolute atomic E-state index is 0.667. The Labute approximate surface area is 119 Å². The van der Waals surface area contributed by atoms with Gasteiger partial charge >= 0.3 is 0 Å². The van der Waals surface area contributed by atoms with Gasteiger partial charge in [-0.05, 0) is 22.2 Å². The molecule has 0 saturated carbocycles. The Morgan fingerprint density at radius 1 is 0.895 bits per heavy atom. The topological polar surface area (TPSA) is 24.4 Å². The normalized spacial score (nSPS) is 12.9. The van der Waals surface area contributed by atoms with Crippen LogP contribution in [0.3, 0.4) is 0 Å². The molecule has 0 spiro atoms. The second-order valence-corrected chi connectivity index (χ2v) is 11.7. The molecular weight excluding hydrogens is 248 g/mol. The third kappa shape index (κ3) is 3.69. The maximum Gasteiger partial charge on any atom is 0.181 e. The largest absolute Gasteiger partial charge is 0.335 e. The molecule has 3 heteroatoms. The zero-order valence-corrected chi connectivity index (χ0v) is 14.1. The second-order valence-electron chi connectivity index (χ2n) is 6.18. The van der Waals surface area contributed by atoms with Gasteiger partial charge in [0.05, 0.1) is 6.21 Å². The first kappa shape index (κ1) is 16.0. The highest BCUT2D eigenvalue weighted by Crippen LogP contribution is 2.38. The van der Waals surface area contributed by atoms with Crippen molar-refractivity contribution in [3.05, 3.63) is 35.9 Å². The van der Waals surface area contributed by atoms with Crippen LogP contribution in [0.1, 0.15) is 47.1 Å². The fourth-order valence-corrected chi connectivity index (χ4v) is 8.21. The van der Waals surface area contributed by atoms with E-state index < -0.39 is 8.24 Å². The van der Waals surface area contributed by atoms with Gasteiger partial charge in [0.15, 0.2) is 8.24 Å². The summed E-state index contributed by atoms with van der Waals surface area (Å²) < 4.78 is 0. The lowest BCUT2D eigenvalue weighted by molar-refractivity contribution is 0.749. The lowest BCUT2D eigenvalue weighted by atomic mass is 10.2. The zero-order valence-electron chi connectivity index (χ0n) is 13.1. The summed E-state index contributed by atoms with van der Waals surface area (Å²) in [4.78, 5) is 0. The predicted octanol–water partition coefficient (Wildman–Crippen LogP) is 4.79. The van der Waals surface area contributed by atoms with Gasteiger partial charge in [0.2, 0.25) is 0 Å². The lowest BCUT2D eigenvalue weighted by Crippen LogP contribution is -2.55. The maximum absolute atomic E-state index is 4.56. The first-order valence-electron chi connectivity index (χ1n) is 7.26. The quantitative estimate of drug-likeness (QED) is 0.451. The number of rotatable bonds is 6. The van der Waals surface area contributed by atoms with Crippen molar-refractivity contribution in [1.82, 2.24) is 5.09 Å². The summed E-state index contributed by atoms with van der Waals surface area (Å²) in [5.41, 5.74) is 3.15. The van der Waals surface area contributed by atoms with Crippen LogP contribution in [0.25, 0.3) is 0 Å². The molecule has 0 bridgehead atoms. The minimum Gasteiger partial charge on any atom is -0.335 e. The van der Waals surface area contributed by atoms with Gasteiger partial charge in [-0.15, -0.1) is 0 Å². The van der Waals surface area contributed by atoms with E-state index in [1.807, 2.05) is 24.4 Å². The Morgan fingerprint density at radius 3 is 1.79 bits per heavy atom. The Bertz CT molecular complexity index is 375. The molecule has 0 radical (unpaired) electrons. The summed E-state index contributed by atoms with van der Waals surface area (Å²) in [5.74, 6) is 0. The Morgan fingerprint density at radius 2 is 1.37 bits per heavy atom. The van der Waals surface area contributed by atoms with Gasteiger partial charge in [-0.25, -0.2) is 0 Å². The number of benzene rings is 1. The first-order chi connectivity index (χ1) is 8.91. The van der Waals surface area contributed by atoms with E-state index in [0.717, 1.165) is 5.56 Å². The van der Waals surface area contributed by atoms with E-state index >= 15 is 0 Å². The van der Waals surface area contributed by atoms with E-state index in [0.29, 0.717) is 16.6 Å². The van der Waals surface area contributed by atoms with Crippen LogP contribution in [0.4, 0.5) is 0 Å². The molecule has 0 atom stereocenters. The second kappa shape index (κ2) is 6.90. The molecule has 1 aromatic rings. The molecule has 0 heterocycles. The molecule has 0 unspecified atom stereocenters. The van der Waals surface area contributed by atoms with Crippen molar-refractivity contribution in [2.45, 2.75) is 58.2 Å². The molecule has 0 aliphatic heterocycles. The predicted molar refractivity (Wildman–Crippen MR) is 88.2 cm³/mol. The summed E-state index contributed by atoms with van der Waals surface area (Å²) in [5, 5.41) is 8.15. The van der Waals surface area contributed by atoms with Crippen molar-refractivity contribution < 1.29 is 0 Å². The molecule has 0 aromatic heterocycles. The monoisotopic (exact) mass is 276 g/mol. The highest BCUT2D eigenvalue weighted by atomic mass is 28.3. The van der Waals surface area contributed by atoms with Crippen LogP contribution >= 0.6 is 0 Å².